The Morgan fingerprint density at radius 3 is 2.80 bits per heavy atom. The molecule has 0 bridgehead atoms. The van der Waals surface area contributed by atoms with Gasteiger partial charge in [0.15, 0.2) is 12.0 Å². The molecule has 3 nitrogen and oxygen atoms in total. The van der Waals surface area contributed by atoms with E-state index in [1.165, 1.54) is 0 Å². The topological polar surface area (TPSA) is 27.7 Å². The molecule has 0 N–H and O–H groups in total. The molecule has 0 spiro atoms. The highest BCUT2D eigenvalue weighted by atomic mass is 19.1. The third kappa shape index (κ3) is 4.61. The lowest BCUT2D eigenvalue weighted by atomic mass is 10.2. The maximum atomic E-state index is 13.8. The largest absolute Gasteiger partial charge is 0.364 e. The maximum Gasteiger partial charge on any atom is 0.189 e. The highest BCUT2D eigenvalue weighted by molar-refractivity contribution is 5.14. The maximum absolute atomic E-state index is 13.8. The molecular weight excluding hydrogens is 259 g/mol. The first-order valence-corrected chi connectivity index (χ1v) is 6.63. The summed E-state index contributed by atoms with van der Waals surface area (Å²) in [5.74, 6) is 4.46. The van der Waals surface area contributed by atoms with E-state index >= 15 is 0 Å². The lowest BCUT2D eigenvalue weighted by Crippen LogP contribution is -2.27. The molecule has 1 aliphatic rings. The molecule has 0 amide bonds. The minimum atomic E-state index is -1.35. The fourth-order valence-electron chi connectivity index (χ4n) is 1.89. The second-order valence-electron chi connectivity index (χ2n) is 5.07. The number of ether oxygens (including phenoxy) is 3. The molecule has 0 saturated carbocycles. The molecule has 1 aromatic rings. The molecule has 20 heavy (non-hydrogen) atoms. The SMILES string of the molecule is CC1(C)OC[C@H]([C@@H](F)C#CCOCc2ccccc2)O1. The fraction of sp³-hybridized carbons (Fsp3) is 0.500. The summed E-state index contributed by atoms with van der Waals surface area (Å²) < 4.78 is 29.8. The molecule has 0 aliphatic carbocycles. The third-order valence-electron chi connectivity index (χ3n) is 2.88. The third-order valence-corrected chi connectivity index (χ3v) is 2.88. The van der Waals surface area contributed by atoms with Gasteiger partial charge in [-0.3, -0.25) is 0 Å². The molecule has 1 fully saturated rings. The van der Waals surface area contributed by atoms with Gasteiger partial charge in [-0.25, -0.2) is 4.39 Å². The summed E-state index contributed by atoms with van der Waals surface area (Å²) >= 11 is 0. The Labute approximate surface area is 119 Å². The van der Waals surface area contributed by atoms with Crippen molar-refractivity contribution in [3.05, 3.63) is 35.9 Å². The van der Waals surface area contributed by atoms with Gasteiger partial charge >= 0.3 is 0 Å². The van der Waals surface area contributed by atoms with Crippen molar-refractivity contribution < 1.29 is 18.6 Å². The summed E-state index contributed by atoms with van der Waals surface area (Å²) in [4.78, 5) is 0. The van der Waals surface area contributed by atoms with Crippen LogP contribution < -0.4 is 0 Å². The van der Waals surface area contributed by atoms with E-state index in [9.17, 15) is 4.39 Å². The molecule has 1 heterocycles. The first-order chi connectivity index (χ1) is 9.57. The van der Waals surface area contributed by atoms with E-state index in [0.717, 1.165) is 5.56 Å². The van der Waals surface area contributed by atoms with Gasteiger partial charge < -0.3 is 14.2 Å². The molecular formula is C16H19FO3. The average molecular weight is 278 g/mol. The normalized spacial score (nSPS) is 22.1. The van der Waals surface area contributed by atoms with Crippen LogP contribution in [0, 0.1) is 11.8 Å². The predicted octanol–water partition coefficient (Wildman–Crippen LogP) is 2.70. The highest BCUT2D eigenvalue weighted by Crippen LogP contribution is 2.24. The van der Waals surface area contributed by atoms with Crippen molar-refractivity contribution in [1.82, 2.24) is 0 Å². The Morgan fingerprint density at radius 1 is 1.40 bits per heavy atom. The van der Waals surface area contributed by atoms with Crippen LogP contribution in [0.1, 0.15) is 19.4 Å². The lowest BCUT2D eigenvalue weighted by molar-refractivity contribution is -0.142. The standard InChI is InChI=1S/C16H19FO3/c1-16(2)19-12-15(20-16)14(17)9-6-10-18-11-13-7-4-3-5-8-13/h3-5,7-8,14-15H,10-12H2,1-2H3/t14-,15+/m0/s1. The Kier molecular flexibility index (Phi) is 5.13. The summed E-state index contributed by atoms with van der Waals surface area (Å²) in [5.41, 5.74) is 1.07. The van der Waals surface area contributed by atoms with Crippen molar-refractivity contribution in [3.63, 3.8) is 0 Å². The monoisotopic (exact) mass is 278 g/mol. The Balaban J connectivity index is 1.69. The lowest BCUT2D eigenvalue weighted by Gasteiger charge is -2.17. The van der Waals surface area contributed by atoms with E-state index in [1.807, 2.05) is 30.3 Å². The molecule has 108 valence electrons. The average Bonchev–Trinajstić information content (AvgIpc) is 2.80. The van der Waals surface area contributed by atoms with Crippen molar-refractivity contribution >= 4 is 0 Å². The molecule has 1 aromatic carbocycles. The zero-order valence-electron chi connectivity index (χ0n) is 11.8. The van der Waals surface area contributed by atoms with Crippen molar-refractivity contribution in [2.45, 2.75) is 38.5 Å². The Bertz CT molecular complexity index is 475. The van der Waals surface area contributed by atoms with Gasteiger partial charge in [0.2, 0.25) is 0 Å². The minimum absolute atomic E-state index is 0.201. The zero-order valence-corrected chi connectivity index (χ0v) is 11.8. The van der Waals surface area contributed by atoms with Gasteiger partial charge in [0.05, 0.1) is 13.2 Å². The summed E-state index contributed by atoms with van der Waals surface area (Å²) in [6.07, 6.45) is -1.97. The second-order valence-corrected chi connectivity index (χ2v) is 5.07. The van der Waals surface area contributed by atoms with E-state index in [0.29, 0.717) is 6.61 Å². The van der Waals surface area contributed by atoms with Crippen molar-refractivity contribution in [2.24, 2.45) is 0 Å². The Morgan fingerprint density at radius 2 is 2.15 bits per heavy atom. The molecule has 2 atom stereocenters. The summed E-state index contributed by atoms with van der Waals surface area (Å²) in [5, 5.41) is 0. The molecule has 1 aliphatic heterocycles. The van der Waals surface area contributed by atoms with Gasteiger partial charge in [-0.1, -0.05) is 42.2 Å². The van der Waals surface area contributed by atoms with Crippen LogP contribution in [0.2, 0.25) is 0 Å². The van der Waals surface area contributed by atoms with Crippen molar-refractivity contribution in [1.29, 1.82) is 0 Å². The molecule has 0 unspecified atom stereocenters. The van der Waals surface area contributed by atoms with Crippen LogP contribution in [0.5, 0.6) is 0 Å². The van der Waals surface area contributed by atoms with Crippen molar-refractivity contribution in [2.75, 3.05) is 13.2 Å². The quantitative estimate of drug-likeness (QED) is 0.626. The molecule has 2 rings (SSSR count). The summed E-state index contributed by atoms with van der Waals surface area (Å²) in [7, 11) is 0. The zero-order chi connectivity index (χ0) is 14.4. The number of alkyl halides is 1. The van der Waals surface area contributed by atoms with E-state index < -0.39 is 18.1 Å². The smallest absolute Gasteiger partial charge is 0.189 e. The first-order valence-electron chi connectivity index (χ1n) is 6.63. The van der Waals surface area contributed by atoms with Gasteiger partial charge in [-0.15, -0.1) is 0 Å². The van der Waals surface area contributed by atoms with E-state index in [-0.39, 0.29) is 13.2 Å². The van der Waals surface area contributed by atoms with Gasteiger partial charge in [0, 0.05) is 0 Å². The number of benzene rings is 1. The van der Waals surface area contributed by atoms with Gasteiger partial charge in [-0.05, 0) is 19.4 Å². The number of hydrogen-bond donors (Lipinski definition) is 0. The van der Waals surface area contributed by atoms with E-state index in [1.54, 1.807) is 13.8 Å². The van der Waals surface area contributed by atoms with Crippen LogP contribution in [0.25, 0.3) is 0 Å². The van der Waals surface area contributed by atoms with Crippen LogP contribution in [0.4, 0.5) is 4.39 Å². The summed E-state index contributed by atoms with van der Waals surface area (Å²) in [6.45, 7) is 4.43. The minimum Gasteiger partial charge on any atom is -0.364 e. The van der Waals surface area contributed by atoms with Crippen LogP contribution in [-0.4, -0.2) is 31.3 Å². The van der Waals surface area contributed by atoms with Crippen LogP contribution >= 0.6 is 0 Å². The second kappa shape index (κ2) is 6.85. The highest BCUT2D eigenvalue weighted by Gasteiger charge is 2.36. The van der Waals surface area contributed by atoms with Gasteiger partial charge in [-0.2, -0.15) is 0 Å². The van der Waals surface area contributed by atoms with E-state index in [4.69, 9.17) is 14.2 Å². The Hall–Kier alpha value is -1.41. The number of hydrogen-bond acceptors (Lipinski definition) is 3. The molecule has 0 radical (unpaired) electrons. The van der Waals surface area contributed by atoms with E-state index in [2.05, 4.69) is 11.8 Å². The molecule has 4 heteroatoms. The van der Waals surface area contributed by atoms with Crippen LogP contribution in [0.3, 0.4) is 0 Å². The number of halogens is 1. The molecule has 0 aromatic heterocycles. The summed E-state index contributed by atoms with van der Waals surface area (Å²) in [6, 6.07) is 9.78. The fourth-order valence-corrected chi connectivity index (χ4v) is 1.89. The van der Waals surface area contributed by atoms with Crippen molar-refractivity contribution in [3.8, 4) is 11.8 Å². The predicted molar refractivity (Wildman–Crippen MR) is 73.7 cm³/mol. The van der Waals surface area contributed by atoms with Crippen LogP contribution in [-0.2, 0) is 20.8 Å². The van der Waals surface area contributed by atoms with Crippen LogP contribution in [0.15, 0.2) is 30.3 Å². The van der Waals surface area contributed by atoms with Gasteiger partial charge in [0.25, 0.3) is 0 Å². The molecule has 1 saturated heterocycles. The van der Waals surface area contributed by atoms with Gasteiger partial charge in [0.1, 0.15) is 12.7 Å². The number of rotatable bonds is 4. The first kappa shape index (κ1) is 15.0.